The highest BCUT2D eigenvalue weighted by atomic mass is 16.7. The zero-order valence-electron chi connectivity index (χ0n) is 21.3. The SMILES string of the molecule is CC1(C)OB(C(=Cc2ccc(-c3ccc(C(=O)O)o3)cc2)CNC(=O)OCc2ccccc2)OC1(C)C. The van der Waals surface area contributed by atoms with E-state index in [0.29, 0.717) is 11.2 Å². The third-order valence-corrected chi connectivity index (χ3v) is 6.57. The lowest BCUT2D eigenvalue weighted by atomic mass is 9.77. The molecule has 37 heavy (non-hydrogen) atoms. The maximum Gasteiger partial charge on any atom is 0.492 e. The summed E-state index contributed by atoms with van der Waals surface area (Å²) in [6.07, 6.45) is 1.35. The Hall–Kier alpha value is -3.82. The molecule has 0 bridgehead atoms. The zero-order valence-corrected chi connectivity index (χ0v) is 21.3. The topological polar surface area (TPSA) is 107 Å². The lowest BCUT2D eigenvalue weighted by Crippen LogP contribution is -2.41. The fourth-order valence-corrected chi connectivity index (χ4v) is 3.71. The summed E-state index contributed by atoms with van der Waals surface area (Å²) in [4.78, 5) is 23.5. The molecule has 1 fully saturated rings. The van der Waals surface area contributed by atoms with Crippen molar-refractivity contribution in [3.63, 3.8) is 0 Å². The van der Waals surface area contributed by atoms with Crippen molar-refractivity contribution in [2.45, 2.75) is 45.5 Å². The van der Waals surface area contributed by atoms with Crippen LogP contribution < -0.4 is 5.32 Å². The molecule has 9 heteroatoms. The minimum atomic E-state index is -1.12. The number of benzene rings is 2. The molecule has 2 N–H and O–H groups in total. The first-order valence-corrected chi connectivity index (χ1v) is 12.0. The number of ether oxygens (including phenoxy) is 1. The summed E-state index contributed by atoms with van der Waals surface area (Å²) in [5, 5.41) is 11.9. The Labute approximate surface area is 216 Å². The summed E-state index contributed by atoms with van der Waals surface area (Å²) >= 11 is 0. The van der Waals surface area contributed by atoms with Gasteiger partial charge in [0.05, 0.1) is 11.2 Å². The van der Waals surface area contributed by atoms with E-state index in [-0.39, 0.29) is 18.9 Å². The maximum atomic E-state index is 12.4. The molecule has 2 heterocycles. The lowest BCUT2D eigenvalue weighted by Gasteiger charge is -2.32. The molecule has 1 aliphatic heterocycles. The second-order valence-corrected chi connectivity index (χ2v) is 9.81. The number of rotatable bonds is 8. The van der Waals surface area contributed by atoms with Crippen molar-refractivity contribution in [2.24, 2.45) is 0 Å². The van der Waals surface area contributed by atoms with Crippen LogP contribution in [-0.4, -0.2) is 42.0 Å². The molecule has 0 radical (unpaired) electrons. The summed E-state index contributed by atoms with van der Waals surface area (Å²) in [7, 11) is -0.665. The van der Waals surface area contributed by atoms with Gasteiger partial charge >= 0.3 is 19.2 Å². The zero-order chi connectivity index (χ0) is 26.6. The smallest absolute Gasteiger partial charge is 0.475 e. The average molecular weight is 503 g/mol. The number of aromatic carboxylic acids is 1. The fraction of sp³-hybridized carbons (Fsp3) is 0.286. The van der Waals surface area contributed by atoms with Crippen LogP contribution in [0.1, 0.15) is 49.4 Å². The Morgan fingerprint density at radius 3 is 2.19 bits per heavy atom. The first kappa shape index (κ1) is 26.3. The van der Waals surface area contributed by atoms with Crippen molar-refractivity contribution >= 4 is 25.3 Å². The van der Waals surface area contributed by atoms with E-state index >= 15 is 0 Å². The number of carbonyl (C=O) groups excluding carboxylic acids is 1. The predicted molar refractivity (Wildman–Crippen MR) is 140 cm³/mol. The molecular weight excluding hydrogens is 473 g/mol. The van der Waals surface area contributed by atoms with Crippen molar-refractivity contribution < 1.29 is 33.2 Å². The fourth-order valence-electron chi connectivity index (χ4n) is 3.71. The average Bonchev–Trinajstić information content (AvgIpc) is 3.44. The number of carbonyl (C=O) groups is 2. The van der Waals surface area contributed by atoms with E-state index in [2.05, 4.69) is 5.32 Å². The molecule has 0 spiro atoms. The summed E-state index contributed by atoms with van der Waals surface area (Å²) in [6, 6.07) is 19.9. The number of furan rings is 1. The highest BCUT2D eigenvalue weighted by molar-refractivity contribution is 6.56. The predicted octanol–water partition coefficient (Wildman–Crippen LogP) is 5.59. The number of carboxylic acids is 1. The molecule has 1 aliphatic rings. The van der Waals surface area contributed by atoms with Crippen molar-refractivity contribution in [3.8, 4) is 11.3 Å². The summed E-state index contributed by atoms with van der Waals surface area (Å²) in [5.41, 5.74) is 2.11. The maximum absolute atomic E-state index is 12.4. The van der Waals surface area contributed by atoms with Gasteiger partial charge in [-0.15, -0.1) is 0 Å². The quantitative estimate of drug-likeness (QED) is 0.386. The van der Waals surface area contributed by atoms with E-state index < -0.39 is 30.4 Å². The van der Waals surface area contributed by atoms with Crippen LogP contribution in [0.25, 0.3) is 17.4 Å². The molecule has 1 aromatic heterocycles. The highest BCUT2D eigenvalue weighted by Gasteiger charge is 2.52. The van der Waals surface area contributed by atoms with E-state index in [4.69, 9.17) is 23.6 Å². The van der Waals surface area contributed by atoms with Gasteiger partial charge in [0.1, 0.15) is 12.4 Å². The van der Waals surface area contributed by atoms with Gasteiger partial charge in [0.15, 0.2) is 0 Å². The number of hydrogen-bond acceptors (Lipinski definition) is 6. The second-order valence-electron chi connectivity index (χ2n) is 9.81. The molecule has 0 saturated carbocycles. The molecule has 1 saturated heterocycles. The van der Waals surface area contributed by atoms with E-state index in [1.165, 1.54) is 6.07 Å². The number of nitrogens with one attached hydrogen (secondary N) is 1. The first-order valence-electron chi connectivity index (χ1n) is 12.0. The second kappa shape index (κ2) is 10.7. The third kappa shape index (κ3) is 6.31. The van der Waals surface area contributed by atoms with E-state index in [0.717, 1.165) is 16.7 Å². The number of hydrogen-bond donors (Lipinski definition) is 2. The van der Waals surface area contributed by atoms with Gasteiger partial charge in [-0.2, -0.15) is 0 Å². The van der Waals surface area contributed by atoms with Gasteiger partial charge in [-0.1, -0.05) is 60.7 Å². The molecule has 8 nitrogen and oxygen atoms in total. The molecule has 192 valence electrons. The van der Waals surface area contributed by atoms with Gasteiger partial charge in [0, 0.05) is 12.1 Å². The van der Waals surface area contributed by atoms with Crippen LogP contribution in [0.2, 0.25) is 0 Å². The minimum Gasteiger partial charge on any atom is -0.475 e. The molecule has 0 aliphatic carbocycles. The largest absolute Gasteiger partial charge is 0.492 e. The summed E-state index contributed by atoms with van der Waals surface area (Å²) < 4.78 is 23.2. The highest BCUT2D eigenvalue weighted by Crippen LogP contribution is 2.38. The standard InChI is InChI=1S/C28H30BNO7/c1-27(2)28(3,4)37-29(36-27)22(17-30-26(33)34-18-20-8-6-5-7-9-20)16-19-10-12-21(13-11-19)23-14-15-24(35-23)25(31)32/h5-16H,17-18H2,1-4H3,(H,30,33)(H,31,32). The Bertz CT molecular complexity index is 1260. The monoisotopic (exact) mass is 503 g/mol. The van der Waals surface area contributed by atoms with Crippen molar-refractivity contribution in [1.29, 1.82) is 0 Å². The van der Waals surface area contributed by atoms with E-state index in [1.54, 1.807) is 6.07 Å². The number of carboxylic acid groups (broad SMARTS) is 1. The summed E-state index contributed by atoms with van der Waals surface area (Å²) in [5.74, 6) is -0.776. The molecule has 4 rings (SSSR count). The van der Waals surface area contributed by atoms with Crippen LogP contribution in [0.4, 0.5) is 4.79 Å². The Kier molecular flexibility index (Phi) is 7.56. The number of amides is 1. The van der Waals surface area contributed by atoms with Crippen molar-refractivity contribution in [1.82, 2.24) is 5.32 Å². The summed E-state index contributed by atoms with van der Waals surface area (Å²) in [6.45, 7) is 8.20. The Balaban J connectivity index is 1.50. The van der Waals surface area contributed by atoms with E-state index in [9.17, 15) is 9.59 Å². The first-order chi connectivity index (χ1) is 17.5. The molecule has 0 unspecified atom stereocenters. The van der Waals surface area contributed by atoms with Gasteiger partial charge in [-0.25, -0.2) is 9.59 Å². The van der Waals surface area contributed by atoms with Crippen molar-refractivity contribution in [3.05, 3.63) is 89.1 Å². The van der Waals surface area contributed by atoms with Gasteiger partial charge < -0.3 is 28.9 Å². The molecule has 2 aromatic carbocycles. The van der Waals surface area contributed by atoms with Gasteiger partial charge in [-0.05, 0) is 56.4 Å². The van der Waals surface area contributed by atoms with Crippen molar-refractivity contribution in [2.75, 3.05) is 6.54 Å². The Morgan fingerprint density at radius 1 is 0.946 bits per heavy atom. The number of alkyl carbamates (subject to hydrolysis) is 1. The lowest BCUT2D eigenvalue weighted by molar-refractivity contribution is 0.00578. The van der Waals surface area contributed by atoms with Gasteiger partial charge in [0.25, 0.3) is 0 Å². The van der Waals surface area contributed by atoms with Crippen LogP contribution in [0.3, 0.4) is 0 Å². The third-order valence-electron chi connectivity index (χ3n) is 6.57. The molecular formula is C28H30BNO7. The van der Waals surface area contributed by atoms with Crippen LogP contribution in [0.15, 0.2) is 76.6 Å². The van der Waals surface area contributed by atoms with Crippen LogP contribution in [0.5, 0.6) is 0 Å². The Morgan fingerprint density at radius 2 is 1.59 bits per heavy atom. The molecule has 0 atom stereocenters. The van der Waals surface area contributed by atoms with E-state index in [1.807, 2.05) is 88.4 Å². The van der Waals surface area contributed by atoms with Gasteiger partial charge in [-0.3, -0.25) is 0 Å². The minimum absolute atomic E-state index is 0.118. The van der Waals surface area contributed by atoms with Gasteiger partial charge in [0.2, 0.25) is 5.76 Å². The molecule has 1 amide bonds. The van der Waals surface area contributed by atoms with Crippen LogP contribution in [-0.2, 0) is 20.7 Å². The normalized spacial score (nSPS) is 16.4. The van der Waals surface area contributed by atoms with Crippen LogP contribution >= 0.6 is 0 Å². The van der Waals surface area contributed by atoms with Crippen LogP contribution in [0, 0.1) is 0 Å². The molecule has 3 aromatic rings.